The molecule has 2 N–H and O–H groups in total. The van der Waals surface area contributed by atoms with E-state index in [0.717, 1.165) is 24.0 Å². The number of urea groups is 1. The number of ether oxygens (including phenoxy) is 1. The zero-order chi connectivity index (χ0) is 23.2. The van der Waals surface area contributed by atoms with Crippen molar-refractivity contribution in [1.29, 1.82) is 0 Å². The van der Waals surface area contributed by atoms with Gasteiger partial charge in [-0.1, -0.05) is 60.7 Å². The number of ketones is 1. The van der Waals surface area contributed by atoms with E-state index in [9.17, 15) is 14.4 Å². The van der Waals surface area contributed by atoms with Crippen molar-refractivity contribution in [3.05, 3.63) is 83.1 Å². The van der Waals surface area contributed by atoms with E-state index in [0.29, 0.717) is 30.9 Å². The van der Waals surface area contributed by atoms with Gasteiger partial charge in [0.25, 0.3) is 0 Å². The Bertz CT molecular complexity index is 1030. The van der Waals surface area contributed by atoms with Gasteiger partial charge in [0.1, 0.15) is 0 Å². The molecule has 2 aromatic carbocycles. The van der Waals surface area contributed by atoms with Crippen molar-refractivity contribution in [2.24, 2.45) is 5.92 Å². The fourth-order valence-corrected chi connectivity index (χ4v) is 4.50. The minimum absolute atomic E-state index is 0.0122. The Morgan fingerprint density at radius 3 is 2.27 bits per heavy atom. The Morgan fingerprint density at radius 1 is 1.00 bits per heavy atom. The van der Waals surface area contributed by atoms with Crippen LogP contribution in [0.15, 0.2) is 71.9 Å². The van der Waals surface area contributed by atoms with Crippen LogP contribution in [-0.2, 0) is 9.53 Å². The lowest BCUT2D eigenvalue weighted by Gasteiger charge is -2.35. The van der Waals surface area contributed by atoms with Gasteiger partial charge in [0, 0.05) is 23.7 Å². The molecule has 2 amide bonds. The van der Waals surface area contributed by atoms with Gasteiger partial charge in [-0.05, 0) is 38.4 Å². The molecule has 4 rings (SSSR count). The molecule has 1 saturated heterocycles. The fraction of sp³-hybridized carbons (Fsp3) is 0.346. The maximum Gasteiger partial charge on any atom is 0.338 e. The Morgan fingerprint density at radius 2 is 1.64 bits per heavy atom. The Kier molecular flexibility index (Phi) is 7.19. The van der Waals surface area contributed by atoms with Crippen LogP contribution < -0.4 is 10.6 Å². The molecule has 2 aromatic rings. The zero-order valence-electron chi connectivity index (χ0n) is 18.8. The molecule has 1 atom stereocenters. The summed E-state index contributed by atoms with van der Waals surface area (Å²) in [5, 5.41) is 5.69. The molecule has 7 heteroatoms. The van der Waals surface area contributed by atoms with Crippen LogP contribution in [0.5, 0.6) is 0 Å². The molecule has 2 aliphatic rings. The highest BCUT2D eigenvalue weighted by Crippen LogP contribution is 2.29. The monoisotopic (exact) mass is 447 g/mol. The average Bonchev–Trinajstić information content (AvgIpc) is 2.85. The number of rotatable bonds is 7. The number of hydrogen-bond acceptors (Lipinski definition) is 5. The summed E-state index contributed by atoms with van der Waals surface area (Å²) < 4.78 is 5.33. The lowest BCUT2D eigenvalue weighted by molar-refractivity contribution is -0.139. The van der Waals surface area contributed by atoms with Crippen LogP contribution in [-0.4, -0.2) is 48.9 Å². The highest BCUT2D eigenvalue weighted by molar-refractivity contribution is 5.98. The van der Waals surface area contributed by atoms with E-state index in [1.54, 1.807) is 6.92 Å². The summed E-state index contributed by atoms with van der Waals surface area (Å²) in [7, 11) is 0. The molecule has 0 radical (unpaired) electrons. The molecule has 1 fully saturated rings. The number of likely N-dealkylation sites (tertiary alicyclic amines) is 1. The number of benzene rings is 2. The topological polar surface area (TPSA) is 87.7 Å². The first-order valence-electron chi connectivity index (χ1n) is 11.4. The summed E-state index contributed by atoms with van der Waals surface area (Å²) in [5.74, 6) is -0.272. The number of carbonyl (C=O) groups is 3. The van der Waals surface area contributed by atoms with E-state index in [-0.39, 0.29) is 24.3 Å². The first-order chi connectivity index (χ1) is 16.1. The summed E-state index contributed by atoms with van der Waals surface area (Å²) in [6.45, 7) is 3.85. The maximum atomic E-state index is 12.9. The van der Waals surface area contributed by atoms with Crippen LogP contribution in [0.2, 0.25) is 0 Å². The molecule has 0 spiro atoms. The highest BCUT2D eigenvalue weighted by atomic mass is 16.5. The number of piperidine rings is 1. The third-order valence-corrected chi connectivity index (χ3v) is 6.18. The summed E-state index contributed by atoms with van der Waals surface area (Å²) in [6, 6.07) is 17.9. The molecule has 33 heavy (non-hydrogen) atoms. The van der Waals surface area contributed by atoms with Crippen molar-refractivity contribution >= 4 is 17.8 Å². The van der Waals surface area contributed by atoms with Crippen LogP contribution in [0.4, 0.5) is 4.79 Å². The number of nitrogens with zero attached hydrogens (tertiary/aromatic N) is 1. The first kappa shape index (κ1) is 22.7. The smallest absolute Gasteiger partial charge is 0.338 e. The van der Waals surface area contributed by atoms with Crippen LogP contribution in [0.25, 0.3) is 0 Å². The second-order valence-corrected chi connectivity index (χ2v) is 8.34. The van der Waals surface area contributed by atoms with E-state index in [1.807, 2.05) is 60.7 Å². The average molecular weight is 448 g/mol. The number of hydrogen-bond donors (Lipinski definition) is 2. The van der Waals surface area contributed by atoms with Crippen LogP contribution in [0.3, 0.4) is 0 Å². The second-order valence-electron chi connectivity index (χ2n) is 8.34. The number of nitrogens with one attached hydrogen (secondary N) is 2. The lowest BCUT2D eigenvalue weighted by atomic mass is 9.88. The van der Waals surface area contributed by atoms with E-state index >= 15 is 0 Å². The summed E-state index contributed by atoms with van der Waals surface area (Å²) in [5.41, 5.74) is 2.55. The Labute approximate surface area is 193 Å². The third kappa shape index (κ3) is 5.31. The minimum Gasteiger partial charge on any atom is -0.463 e. The number of Topliss-reactive ketones (excluding diaryl/α,β-unsaturated/α-hetero) is 1. The Balaban J connectivity index is 1.51. The number of esters is 1. The molecule has 0 aromatic heterocycles. The van der Waals surface area contributed by atoms with Gasteiger partial charge in [-0.25, -0.2) is 9.59 Å². The lowest BCUT2D eigenvalue weighted by Crippen LogP contribution is -2.49. The molecule has 1 unspecified atom stereocenters. The van der Waals surface area contributed by atoms with Crippen LogP contribution in [0.1, 0.15) is 41.7 Å². The van der Waals surface area contributed by atoms with E-state index in [1.165, 1.54) is 0 Å². The molecule has 7 nitrogen and oxygen atoms in total. The van der Waals surface area contributed by atoms with Gasteiger partial charge in [0.15, 0.2) is 5.78 Å². The van der Waals surface area contributed by atoms with E-state index in [2.05, 4.69) is 15.5 Å². The van der Waals surface area contributed by atoms with Crippen molar-refractivity contribution in [1.82, 2.24) is 15.5 Å². The van der Waals surface area contributed by atoms with Gasteiger partial charge in [-0.15, -0.1) is 0 Å². The van der Waals surface area contributed by atoms with Crippen molar-refractivity contribution in [2.45, 2.75) is 25.8 Å². The molecule has 0 aliphatic carbocycles. The molecular formula is C26H29N3O4. The molecule has 2 aliphatic heterocycles. The molecule has 0 saturated carbocycles. The van der Waals surface area contributed by atoms with Gasteiger partial charge in [0.05, 0.1) is 18.2 Å². The van der Waals surface area contributed by atoms with Crippen molar-refractivity contribution in [2.75, 3.05) is 26.2 Å². The van der Waals surface area contributed by atoms with Crippen LogP contribution in [0, 0.1) is 5.92 Å². The number of amides is 2. The third-order valence-electron chi connectivity index (χ3n) is 6.18. The minimum atomic E-state index is -0.578. The number of carbonyl (C=O) groups excluding carboxylic acids is 3. The van der Waals surface area contributed by atoms with Gasteiger partial charge in [-0.3, -0.25) is 9.69 Å². The fourth-order valence-electron chi connectivity index (χ4n) is 4.50. The van der Waals surface area contributed by atoms with Gasteiger partial charge in [-0.2, -0.15) is 0 Å². The first-order valence-corrected chi connectivity index (χ1v) is 11.4. The largest absolute Gasteiger partial charge is 0.463 e. The van der Waals surface area contributed by atoms with Crippen molar-refractivity contribution < 1.29 is 19.1 Å². The molecular weight excluding hydrogens is 418 g/mol. The summed E-state index contributed by atoms with van der Waals surface area (Å²) >= 11 is 0. The van der Waals surface area contributed by atoms with E-state index in [4.69, 9.17) is 4.74 Å². The normalized spacial score (nSPS) is 19.5. The molecule has 2 heterocycles. The summed E-state index contributed by atoms with van der Waals surface area (Å²) in [6.07, 6.45) is 1.48. The maximum absolute atomic E-state index is 12.9. The quantitative estimate of drug-likeness (QED) is 0.501. The Hall–Kier alpha value is -3.45. The van der Waals surface area contributed by atoms with Crippen molar-refractivity contribution in [3.8, 4) is 0 Å². The molecule has 0 bridgehead atoms. The van der Waals surface area contributed by atoms with Crippen molar-refractivity contribution in [3.63, 3.8) is 0 Å². The van der Waals surface area contributed by atoms with Crippen LogP contribution >= 0.6 is 0 Å². The van der Waals surface area contributed by atoms with Gasteiger partial charge in [0.2, 0.25) is 0 Å². The van der Waals surface area contributed by atoms with E-state index < -0.39 is 12.0 Å². The standard InChI is InChI=1S/C26H29N3O4/c1-2-33-25(31)22-21(27-26(32)28-23(22)18-9-5-3-6-10-18)17-29-15-13-20(14-16-29)24(30)19-11-7-4-8-12-19/h3-12,20,23H,2,13-17H2,1H3,(H2,27,28,32). The zero-order valence-corrected chi connectivity index (χ0v) is 18.8. The highest BCUT2D eigenvalue weighted by Gasteiger charge is 2.35. The predicted octanol–water partition coefficient (Wildman–Crippen LogP) is 3.45. The second kappa shape index (κ2) is 10.4. The summed E-state index contributed by atoms with van der Waals surface area (Å²) in [4.78, 5) is 40.3. The van der Waals surface area contributed by atoms with Gasteiger partial charge < -0.3 is 15.4 Å². The predicted molar refractivity (Wildman–Crippen MR) is 124 cm³/mol. The van der Waals surface area contributed by atoms with Gasteiger partial charge >= 0.3 is 12.0 Å². The molecule has 172 valence electrons. The SMILES string of the molecule is CCOC(=O)C1=C(CN2CCC(C(=O)c3ccccc3)CC2)NC(=O)NC1c1ccccc1.